The van der Waals surface area contributed by atoms with Crippen LogP contribution in [0.15, 0.2) is 27.4 Å². The lowest BCUT2D eigenvalue weighted by Crippen LogP contribution is -2.23. The molecule has 0 amide bonds. The zero-order valence-electron chi connectivity index (χ0n) is 9.45. The zero-order valence-corrected chi connectivity index (χ0v) is 9.45. The third kappa shape index (κ3) is 2.16. The van der Waals surface area contributed by atoms with Crippen molar-refractivity contribution in [1.29, 1.82) is 0 Å². The Morgan fingerprint density at radius 1 is 1.42 bits per heavy atom. The first-order chi connectivity index (χ1) is 8.90. The van der Waals surface area contributed by atoms with Crippen molar-refractivity contribution in [1.82, 2.24) is 4.68 Å². The van der Waals surface area contributed by atoms with Crippen molar-refractivity contribution in [2.24, 2.45) is 0 Å². The number of carboxylic acids is 1. The fourth-order valence-corrected chi connectivity index (χ4v) is 1.45. The molecule has 19 heavy (non-hydrogen) atoms. The molecule has 0 fully saturated rings. The van der Waals surface area contributed by atoms with Crippen LogP contribution in [0.25, 0.3) is 0 Å². The SMILES string of the molecule is Nc1oc(=O)n(N)c1Nc1ccc(O)c(C(=O)O)c1. The van der Waals surface area contributed by atoms with E-state index in [1.807, 2.05) is 0 Å². The van der Waals surface area contributed by atoms with Gasteiger partial charge in [0.05, 0.1) is 0 Å². The van der Waals surface area contributed by atoms with Gasteiger partial charge in [0.25, 0.3) is 0 Å². The normalized spacial score (nSPS) is 10.3. The standard InChI is InChI=1S/C10H10N4O5/c11-7-8(14(12)10(18)19-7)13-4-1-2-6(15)5(3-4)9(16)17/h1-3,13,15H,11-12H2,(H,16,17). The molecule has 7 N–H and O–H groups in total. The molecule has 0 aliphatic heterocycles. The molecule has 0 saturated heterocycles. The zero-order chi connectivity index (χ0) is 14.2. The maximum absolute atomic E-state index is 11.1. The summed E-state index contributed by atoms with van der Waals surface area (Å²) in [4.78, 5) is 22.0. The molecular formula is C10H10N4O5. The number of nitrogens with one attached hydrogen (secondary N) is 1. The van der Waals surface area contributed by atoms with E-state index >= 15 is 0 Å². The van der Waals surface area contributed by atoms with Gasteiger partial charge >= 0.3 is 11.7 Å². The van der Waals surface area contributed by atoms with Crippen LogP contribution in [0.5, 0.6) is 5.75 Å². The van der Waals surface area contributed by atoms with Crippen LogP contribution in [0.1, 0.15) is 10.4 Å². The summed E-state index contributed by atoms with van der Waals surface area (Å²) in [6, 6.07) is 3.73. The largest absolute Gasteiger partial charge is 0.507 e. The highest BCUT2D eigenvalue weighted by Gasteiger charge is 2.14. The van der Waals surface area contributed by atoms with Crippen molar-refractivity contribution in [3.8, 4) is 5.75 Å². The number of hydrogen-bond acceptors (Lipinski definition) is 7. The Hall–Kier alpha value is -3.10. The first-order valence-corrected chi connectivity index (χ1v) is 5.00. The average molecular weight is 266 g/mol. The molecule has 1 aromatic heterocycles. The predicted molar refractivity (Wildman–Crippen MR) is 65.9 cm³/mol. The van der Waals surface area contributed by atoms with E-state index in [0.29, 0.717) is 4.68 Å². The van der Waals surface area contributed by atoms with Crippen molar-refractivity contribution in [2.45, 2.75) is 0 Å². The minimum absolute atomic E-state index is 0.0213. The van der Waals surface area contributed by atoms with Crippen molar-refractivity contribution in [2.75, 3.05) is 16.9 Å². The van der Waals surface area contributed by atoms with E-state index in [9.17, 15) is 14.7 Å². The number of benzene rings is 1. The van der Waals surface area contributed by atoms with Gasteiger partial charge in [0.1, 0.15) is 11.3 Å². The highest BCUT2D eigenvalue weighted by molar-refractivity contribution is 5.92. The van der Waals surface area contributed by atoms with Crippen LogP contribution in [0.4, 0.5) is 17.4 Å². The number of aromatic hydroxyl groups is 1. The van der Waals surface area contributed by atoms with Gasteiger partial charge in [-0.2, -0.15) is 4.68 Å². The van der Waals surface area contributed by atoms with Crippen molar-refractivity contribution in [3.05, 3.63) is 34.3 Å². The molecular weight excluding hydrogens is 256 g/mol. The quantitative estimate of drug-likeness (QED) is 0.380. The lowest BCUT2D eigenvalue weighted by Gasteiger charge is -2.07. The molecule has 1 heterocycles. The van der Waals surface area contributed by atoms with Crippen LogP contribution < -0.4 is 22.6 Å². The molecule has 9 nitrogen and oxygen atoms in total. The number of aromatic nitrogens is 1. The number of carboxylic acid groups (broad SMARTS) is 1. The van der Waals surface area contributed by atoms with Gasteiger partial charge in [0.15, 0.2) is 5.82 Å². The second-order valence-corrected chi connectivity index (χ2v) is 3.61. The van der Waals surface area contributed by atoms with Crippen LogP contribution in [0, 0.1) is 0 Å². The molecule has 1 aromatic carbocycles. The summed E-state index contributed by atoms with van der Waals surface area (Å²) in [5.41, 5.74) is 5.38. The summed E-state index contributed by atoms with van der Waals surface area (Å²) in [5.74, 6) is 2.57. The van der Waals surface area contributed by atoms with Gasteiger partial charge in [0.2, 0.25) is 5.88 Å². The summed E-state index contributed by atoms with van der Waals surface area (Å²) in [7, 11) is 0. The number of oxazole rings is 1. The molecule has 2 aromatic rings. The van der Waals surface area contributed by atoms with E-state index in [-0.39, 0.29) is 28.7 Å². The van der Waals surface area contributed by atoms with Crippen LogP contribution in [-0.2, 0) is 0 Å². The average Bonchev–Trinajstić information content (AvgIpc) is 2.58. The van der Waals surface area contributed by atoms with Gasteiger partial charge in [-0.3, -0.25) is 0 Å². The number of nitrogens with zero attached hydrogens (tertiary/aromatic N) is 1. The van der Waals surface area contributed by atoms with Crippen molar-refractivity contribution >= 4 is 23.4 Å². The minimum Gasteiger partial charge on any atom is -0.507 e. The predicted octanol–water partition coefficient (Wildman–Crippen LogP) is -0.115. The molecule has 100 valence electrons. The first-order valence-electron chi connectivity index (χ1n) is 5.00. The van der Waals surface area contributed by atoms with Crippen molar-refractivity contribution < 1.29 is 19.4 Å². The van der Waals surface area contributed by atoms with Crippen LogP contribution in [0.3, 0.4) is 0 Å². The Bertz CT molecular complexity index is 702. The fourth-order valence-electron chi connectivity index (χ4n) is 1.45. The number of phenols is 1. The van der Waals surface area contributed by atoms with Gasteiger partial charge < -0.3 is 31.5 Å². The fraction of sp³-hybridized carbons (Fsp3) is 0. The van der Waals surface area contributed by atoms with E-state index in [1.165, 1.54) is 12.1 Å². The van der Waals surface area contributed by atoms with E-state index in [0.717, 1.165) is 6.07 Å². The molecule has 0 aliphatic carbocycles. The van der Waals surface area contributed by atoms with Gasteiger partial charge in [0, 0.05) is 5.69 Å². The molecule has 2 rings (SSSR count). The molecule has 0 aliphatic rings. The second-order valence-electron chi connectivity index (χ2n) is 3.61. The van der Waals surface area contributed by atoms with Crippen LogP contribution >= 0.6 is 0 Å². The lowest BCUT2D eigenvalue weighted by atomic mass is 10.2. The number of nitrogen functional groups attached to an aromatic ring is 2. The Labute approximate surface area is 105 Å². The molecule has 0 saturated carbocycles. The Morgan fingerprint density at radius 3 is 2.63 bits per heavy atom. The topological polar surface area (TPSA) is 157 Å². The number of anilines is 3. The van der Waals surface area contributed by atoms with E-state index < -0.39 is 11.7 Å². The summed E-state index contributed by atoms with van der Waals surface area (Å²) >= 11 is 0. The lowest BCUT2D eigenvalue weighted by molar-refractivity contribution is 0.0694. The highest BCUT2D eigenvalue weighted by Crippen LogP contribution is 2.25. The van der Waals surface area contributed by atoms with Gasteiger partial charge in [-0.25, -0.2) is 9.59 Å². The maximum Gasteiger partial charge on any atom is 0.441 e. The Balaban J connectivity index is 2.41. The third-order valence-electron chi connectivity index (χ3n) is 2.36. The first kappa shape index (κ1) is 12.4. The number of hydrogen-bond donors (Lipinski definition) is 5. The third-order valence-corrected chi connectivity index (χ3v) is 2.36. The van der Waals surface area contributed by atoms with Gasteiger partial charge in [-0.05, 0) is 18.2 Å². The van der Waals surface area contributed by atoms with Crippen molar-refractivity contribution in [3.63, 3.8) is 0 Å². The molecule has 9 heteroatoms. The van der Waals surface area contributed by atoms with Crippen LogP contribution in [-0.4, -0.2) is 20.9 Å². The van der Waals surface area contributed by atoms with E-state index in [1.54, 1.807) is 0 Å². The molecule has 0 bridgehead atoms. The van der Waals surface area contributed by atoms with E-state index in [2.05, 4.69) is 9.73 Å². The number of aromatic carboxylic acids is 1. The number of nitrogens with two attached hydrogens (primary N) is 2. The monoisotopic (exact) mass is 266 g/mol. The Morgan fingerprint density at radius 2 is 2.11 bits per heavy atom. The summed E-state index contributed by atoms with van der Waals surface area (Å²) in [6.45, 7) is 0. The molecule has 0 spiro atoms. The van der Waals surface area contributed by atoms with Gasteiger partial charge in [-0.15, -0.1) is 0 Å². The smallest absolute Gasteiger partial charge is 0.441 e. The number of carbonyl (C=O) groups is 1. The van der Waals surface area contributed by atoms with Crippen LogP contribution in [0.2, 0.25) is 0 Å². The summed E-state index contributed by atoms with van der Waals surface area (Å²) < 4.78 is 5.19. The maximum atomic E-state index is 11.1. The summed E-state index contributed by atoms with van der Waals surface area (Å²) in [6.07, 6.45) is 0. The molecule has 0 atom stereocenters. The molecule has 0 radical (unpaired) electrons. The summed E-state index contributed by atoms with van der Waals surface area (Å²) in [5, 5.41) is 20.8. The Kier molecular flexibility index (Phi) is 2.79. The van der Waals surface area contributed by atoms with E-state index in [4.69, 9.17) is 16.7 Å². The minimum atomic E-state index is -1.30. The second kappa shape index (κ2) is 4.29. The molecule has 0 unspecified atom stereocenters. The number of rotatable bonds is 3. The highest BCUT2D eigenvalue weighted by atomic mass is 16.4. The van der Waals surface area contributed by atoms with Gasteiger partial charge in [-0.1, -0.05) is 0 Å².